The third-order valence-electron chi connectivity index (χ3n) is 5.59. The number of carbonyl (C=O) groups is 1. The molecule has 0 unspecified atom stereocenters. The molecular weight excluding hydrogens is 340 g/mol. The quantitative estimate of drug-likeness (QED) is 0.818. The molecule has 3 N–H and O–H groups in total. The molecule has 4 rings (SSSR count). The van der Waals surface area contributed by atoms with Crippen molar-refractivity contribution in [2.45, 2.75) is 25.3 Å². The molecule has 0 aliphatic carbocycles. The van der Waals surface area contributed by atoms with Gasteiger partial charge < -0.3 is 25.6 Å². The average Bonchev–Trinajstić information content (AvgIpc) is 2.86. The summed E-state index contributed by atoms with van der Waals surface area (Å²) in [6, 6.07) is 14.1. The fourth-order valence-corrected chi connectivity index (χ4v) is 4.11. The lowest BCUT2D eigenvalue weighted by Crippen LogP contribution is -2.49. The van der Waals surface area contributed by atoms with Crippen LogP contribution in [0.2, 0.25) is 0 Å². The van der Waals surface area contributed by atoms with Gasteiger partial charge in [0.25, 0.3) is 0 Å². The molecule has 142 valence electrons. The van der Waals surface area contributed by atoms with E-state index in [1.54, 1.807) is 7.11 Å². The smallest absolute Gasteiger partial charge is 0.322 e. The summed E-state index contributed by atoms with van der Waals surface area (Å²) in [4.78, 5) is 17.1. The molecule has 27 heavy (non-hydrogen) atoms. The van der Waals surface area contributed by atoms with E-state index >= 15 is 0 Å². The minimum atomic E-state index is 0.0171. The van der Waals surface area contributed by atoms with E-state index in [0.717, 1.165) is 56.0 Å². The van der Waals surface area contributed by atoms with Gasteiger partial charge in [0.2, 0.25) is 0 Å². The molecule has 2 aromatic rings. The highest BCUT2D eigenvalue weighted by Gasteiger charge is 2.30. The fraction of sp³-hybridized carbons (Fsp3) is 0.381. The Bertz CT molecular complexity index is 831. The van der Waals surface area contributed by atoms with Crippen molar-refractivity contribution in [2.24, 2.45) is 0 Å². The highest BCUT2D eigenvalue weighted by molar-refractivity contribution is 5.91. The van der Waals surface area contributed by atoms with E-state index in [4.69, 9.17) is 10.5 Å². The van der Waals surface area contributed by atoms with Gasteiger partial charge in [-0.15, -0.1) is 0 Å². The van der Waals surface area contributed by atoms with Crippen LogP contribution in [0.3, 0.4) is 0 Å². The lowest BCUT2D eigenvalue weighted by Gasteiger charge is -2.39. The summed E-state index contributed by atoms with van der Waals surface area (Å²) in [5.74, 6) is 0.802. The van der Waals surface area contributed by atoms with E-state index in [9.17, 15) is 4.79 Å². The predicted molar refractivity (Wildman–Crippen MR) is 109 cm³/mol. The minimum absolute atomic E-state index is 0.0171. The van der Waals surface area contributed by atoms with E-state index < -0.39 is 0 Å². The predicted octanol–water partition coefficient (Wildman–Crippen LogP) is 3.34. The fourth-order valence-electron chi connectivity index (χ4n) is 4.11. The molecule has 0 spiro atoms. The van der Waals surface area contributed by atoms with Crippen LogP contribution in [-0.4, -0.2) is 43.7 Å². The average molecular weight is 366 g/mol. The van der Waals surface area contributed by atoms with E-state index in [1.807, 2.05) is 41.3 Å². The Labute approximate surface area is 159 Å². The number of fused-ring (bicyclic) bond motifs is 1. The summed E-state index contributed by atoms with van der Waals surface area (Å²) in [5, 5.41) is 3.08. The molecule has 2 heterocycles. The third-order valence-corrected chi connectivity index (χ3v) is 5.59. The third kappa shape index (κ3) is 3.52. The topological polar surface area (TPSA) is 70.8 Å². The number of ether oxygens (including phenoxy) is 1. The van der Waals surface area contributed by atoms with Crippen molar-refractivity contribution in [3.8, 4) is 5.75 Å². The molecule has 0 saturated carbocycles. The molecule has 0 atom stereocenters. The number of nitrogen functional groups attached to an aromatic ring is 1. The summed E-state index contributed by atoms with van der Waals surface area (Å²) in [6.45, 7) is 2.54. The van der Waals surface area contributed by atoms with Gasteiger partial charge in [0.15, 0.2) is 0 Å². The summed E-state index contributed by atoms with van der Waals surface area (Å²) < 4.78 is 5.50. The van der Waals surface area contributed by atoms with Gasteiger partial charge in [-0.3, -0.25) is 0 Å². The molecule has 6 heteroatoms. The number of hydrogen-bond acceptors (Lipinski definition) is 4. The molecule has 0 aromatic heterocycles. The second kappa shape index (κ2) is 7.39. The van der Waals surface area contributed by atoms with Crippen molar-refractivity contribution >= 4 is 23.1 Å². The first kappa shape index (κ1) is 17.5. The van der Waals surface area contributed by atoms with Crippen molar-refractivity contribution in [1.82, 2.24) is 4.90 Å². The maximum absolute atomic E-state index is 12.7. The van der Waals surface area contributed by atoms with Gasteiger partial charge >= 0.3 is 6.03 Å². The van der Waals surface area contributed by atoms with Gasteiger partial charge in [-0.2, -0.15) is 0 Å². The Morgan fingerprint density at radius 1 is 1.11 bits per heavy atom. The second-order valence-electron chi connectivity index (χ2n) is 7.18. The Morgan fingerprint density at radius 2 is 1.89 bits per heavy atom. The first-order chi connectivity index (χ1) is 13.2. The number of carbonyl (C=O) groups excluding carboxylic acids is 1. The molecule has 2 amide bonds. The first-order valence-electron chi connectivity index (χ1n) is 9.49. The van der Waals surface area contributed by atoms with Crippen LogP contribution in [0.5, 0.6) is 5.75 Å². The zero-order chi connectivity index (χ0) is 18.8. The second-order valence-corrected chi connectivity index (χ2v) is 7.18. The summed E-state index contributed by atoms with van der Waals surface area (Å²) in [6.07, 6.45) is 2.77. The summed E-state index contributed by atoms with van der Waals surface area (Å²) >= 11 is 0. The van der Waals surface area contributed by atoms with Gasteiger partial charge in [0.05, 0.1) is 12.8 Å². The van der Waals surface area contributed by atoms with Crippen molar-refractivity contribution < 1.29 is 9.53 Å². The number of hydrogen-bond donors (Lipinski definition) is 2. The van der Waals surface area contributed by atoms with Crippen molar-refractivity contribution in [1.29, 1.82) is 0 Å². The molecule has 2 aliphatic rings. The number of nitrogens with zero attached hydrogens (tertiary/aromatic N) is 2. The maximum Gasteiger partial charge on any atom is 0.322 e. The Morgan fingerprint density at radius 3 is 2.67 bits per heavy atom. The highest BCUT2D eigenvalue weighted by atomic mass is 16.5. The molecular formula is C21H26N4O2. The van der Waals surface area contributed by atoms with Crippen LogP contribution in [0.25, 0.3) is 0 Å². The number of nitrogens with one attached hydrogen (secondary N) is 1. The number of anilines is 3. The van der Waals surface area contributed by atoms with Crippen LogP contribution in [0.15, 0.2) is 42.5 Å². The van der Waals surface area contributed by atoms with Gasteiger partial charge in [-0.25, -0.2) is 4.79 Å². The number of urea groups is 1. The molecule has 0 bridgehead atoms. The van der Waals surface area contributed by atoms with Crippen LogP contribution in [-0.2, 0) is 6.42 Å². The Kier molecular flexibility index (Phi) is 4.79. The SMILES string of the molecule is COc1cc(N)ccc1N1CCC(N2CCc3ccccc3NC2=O)CC1. The van der Waals surface area contributed by atoms with E-state index in [2.05, 4.69) is 16.3 Å². The van der Waals surface area contributed by atoms with Crippen LogP contribution in [0.4, 0.5) is 21.9 Å². The molecule has 1 saturated heterocycles. The number of benzene rings is 2. The normalized spacial score (nSPS) is 17.9. The zero-order valence-corrected chi connectivity index (χ0v) is 15.6. The van der Waals surface area contributed by atoms with Crippen LogP contribution >= 0.6 is 0 Å². The lowest BCUT2D eigenvalue weighted by molar-refractivity contribution is 0.177. The lowest BCUT2D eigenvalue weighted by atomic mass is 10.0. The van der Waals surface area contributed by atoms with E-state index in [0.29, 0.717) is 5.69 Å². The standard InChI is InChI=1S/C21H26N4O2/c1-27-20-14-16(22)6-7-19(20)24-11-9-17(10-12-24)25-13-8-15-4-2-3-5-18(15)23-21(25)26/h2-7,14,17H,8-13,22H2,1H3,(H,23,26). The molecule has 1 fully saturated rings. The summed E-state index contributed by atoms with van der Waals surface area (Å²) in [7, 11) is 1.67. The molecule has 0 radical (unpaired) electrons. The van der Waals surface area contributed by atoms with Crippen molar-refractivity contribution in [2.75, 3.05) is 42.7 Å². The summed E-state index contributed by atoms with van der Waals surface area (Å²) in [5.41, 5.74) is 9.78. The Balaban J connectivity index is 1.43. The first-order valence-corrected chi connectivity index (χ1v) is 9.49. The monoisotopic (exact) mass is 366 g/mol. The number of piperidine rings is 1. The van der Waals surface area contributed by atoms with Gasteiger partial charge in [0.1, 0.15) is 5.75 Å². The van der Waals surface area contributed by atoms with Crippen LogP contribution in [0.1, 0.15) is 18.4 Å². The number of methoxy groups -OCH3 is 1. The number of para-hydroxylation sites is 1. The zero-order valence-electron chi connectivity index (χ0n) is 15.6. The van der Waals surface area contributed by atoms with Gasteiger partial charge in [-0.1, -0.05) is 18.2 Å². The Hall–Kier alpha value is -2.89. The largest absolute Gasteiger partial charge is 0.495 e. The van der Waals surface area contributed by atoms with Crippen molar-refractivity contribution in [3.05, 3.63) is 48.0 Å². The molecule has 2 aliphatic heterocycles. The van der Waals surface area contributed by atoms with Crippen LogP contribution < -0.4 is 20.7 Å². The minimum Gasteiger partial charge on any atom is -0.495 e. The number of amides is 2. The molecule has 6 nitrogen and oxygen atoms in total. The molecule has 2 aromatic carbocycles. The van der Waals surface area contributed by atoms with E-state index in [-0.39, 0.29) is 12.1 Å². The van der Waals surface area contributed by atoms with E-state index in [1.165, 1.54) is 5.56 Å². The van der Waals surface area contributed by atoms with Crippen molar-refractivity contribution in [3.63, 3.8) is 0 Å². The maximum atomic E-state index is 12.7. The number of rotatable bonds is 3. The van der Waals surface area contributed by atoms with Gasteiger partial charge in [0, 0.05) is 43.1 Å². The van der Waals surface area contributed by atoms with Gasteiger partial charge in [-0.05, 0) is 43.0 Å². The van der Waals surface area contributed by atoms with Crippen LogP contribution in [0, 0.1) is 0 Å². The highest BCUT2D eigenvalue weighted by Crippen LogP contribution is 2.33. The number of nitrogens with two attached hydrogens (primary N) is 1.